The van der Waals surface area contributed by atoms with Crippen molar-refractivity contribution >= 4 is 5.97 Å². The zero-order valence-corrected chi connectivity index (χ0v) is 25.5. The van der Waals surface area contributed by atoms with Gasteiger partial charge in [0.2, 0.25) is 6.29 Å². The highest BCUT2D eigenvalue weighted by Crippen LogP contribution is 2.38. The quantitative estimate of drug-likeness (QED) is 0.321. The van der Waals surface area contributed by atoms with Gasteiger partial charge in [-0.2, -0.15) is 0 Å². The summed E-state index contributed by atoms with van der Waals surface area (Å²) in [5.41, 5.74) is 1.87. The molecular formula is C34H44O10. The molecule has 0 aromatic heterocycles. The van der Waals surface area contributed by atoms with Crippen LogP contribution in [0.4, 0.5) is 0 Å². The highest BCUT2D eigenvalue weighted by Gasteiger charge is 2.53. The SMILES string of the molecule is CCC1OC(OC2=CCC2)C(C)C(OCc2ccccc2)C1OC1OC(CO)C(O)C(OCc2ccccc2)C1OC(C)=O. The fraction of sp³-hybridized carbons (Fsp3) is 0.559. The van der Waals surface area contributed by atoms with Crippen molar-refractivity contribution in [3.05, 3.63) is 83.6 Å². The van der Waals surface area contributed by atoms with Gasteiger partial charge < -0.3 is 43.4 Å². The Morgan fingerprint density at radius 3 is 1.98 bits per heavy atom. The van der Waals surface area contributed by atoms with Crippen LogP contribution >= 0.6 is 0 Å². The van der Waals surface area contributed by atoms with Gasteiger partial charge in [0.1, 0.15) is 24.4 Å². The molecule has 2 aliphatic heterocycles. The first kappa shape index (κ1) is 32.6. The minimum atomic E-state index is -1.28. The zero-order chi connectivity index (χ0) is 31.1. The van der Waals surface area contributed by atoms with Crippen molar-refractivity contribution in [1.82, 2.24) is 0 Å². The van der Waals surface area contributed by atoms with Crippen LogP contribution in [0.15, 0.2) is 72.5 Å². The molecule has 2 fully saturated rings. The summed E-state index contributed by atoms with van der Waals surface area (Å²) >= 11 is 0. The lowest BCUT2D eigenvalue weighted by Gasteiger charge is -2.49. The van der Waals surface area contributed by atoms with Crippen LogP contribution in [0.1, 0.15) is 51.2 Å². The van der Waals surface area contributed by atoms with E-state index >= 15 is 0 Å². The predicted molar refractivity (Wildman–Crippen MR) is 159 cm³/mol. The smallest absolute Gasteiger partial charge is 0.303 e. The lowest BCUT2D eigenvalue weighted by molar-refractivity contribution is -0.356. The third-order valence-corrected chi connectivity index (χ3v) is 8.34. The average molecular weight is 613 g/mol. The van der Waals surface area contributed by atoms with Crippen LogP contribution in [0, 0.1) is 5.92 Å². The summed E-state index contributed by atoms with van der Waals surface area (Å²) in [6.07, 6.45) is -3.37. The van der Waals surface area contributed by atoms with Crippen molar-refractivity contribution in [2.75, 3.05) is 6.61 Å². The second-order valence-corrected chi connectivity index (χ2v) is 11.6. The second kappa shape index (κ2) is 15.4. The van der Waals surface area contributed by atoms with Gasteiger partial charge in [-0.05, 0) is 30.0 Å². The Kier molecular flexibility index (Phi) is 11.4. The highest BCUT2D eigenvalue weighted by molar-refractivity contribution is 5.66. The molecule has 44 heavy (non-hydrogen) atoms. The number of esters is 1. The lowest BCUT2D eigenvalue weighted by atomic mass is 9.90. The van der Waals surface area contributed by atoms with Gasteiger partial charge in [0.05, 0.1) is 37.8 Å². The summed E-state index contributed by atoms with van der Waals surface area (Å²) in [6.45, 7) is 5.25. The Balaban J connectivity index is 1.41. The van der Waals surface area contributed by atoms with Crippen LogP contribution in [0.3, 0.4) is 0 Å². The van der Waals surface area contributed by atoms with Crippen LogP contribution < -0.4 is 0 Å². The van der Waals surface area contributed by atoms with Crippen molar-refractivity contribution in [2.45, 2.75) is 109 Å². The maximum atomic E-state index is 12.3. The number of allylic oxidation sites excluding steroid dienone is 2. The Labute approximate surface area is 258 Å². The second-order valence-electron chi connectivity index (χ2n) is 11.6. The van der Waals surface area contributed by atoms with Gasteiger partial charge in [-0.1, -0.05) is 74.5 Å². The number of rotatable bonds is 13. The van der Waals surface area contributed by atoms with Gasteiger partial charge >= 0.3 is 5.97 Å². The monoisotopic (exact) mass is 612 g/mol. The summed E-state index contributed by atoms with van der Waals surface area (Å²) in [5.74, 6) is 0.0734. The number of hydrogen-bond acceptors (Lipinski definition) is 10. The molecular weight excluding hydrogens is 568 g/mol. The van der Waals surface area contributed by atoms with E-state index in [0.29, 0.717) is 13.0 Å². The van der Waals surface area contributed by atoms with Crippen LogP contribution in [0.25, 0.3) is 0 Å². The van der Waals surface area contributed by atoms with Crippen molar-refractivity contribution in [1.29, 1.82) is 0 Å². The molecule has 0 radical (unpaired) electrons. The molecule has 2 aromatic rings. The molecule has 10 heteroatoms. The van der Waals surface area contributed by atoms with E-state index in [1.165, 1.54) is 6.92 Å². The normalized spacial score (nSPS) is 33.6. The van der Waals surface area contributed by atoms with E-state index in [4.69, 9.17) is 33.2 Å². The average Bonchev–Trinajstić information content (AvgIpc) is 3.01. The van der Waals surface area contributed by atoms with Crippen molar-refractivity contribution in [2.24, 2.45) is 5.92 Å². The molecule has 1 aliphatic carbocycles. The van der Waals surface area contributed by atoms with E-state index in [-0.39, 0.29) is 12.5 Å². The summed E-state index contributed by atoms with van der Waals surface area (Å²) in [6, 6.07) is 19.3. The Morgan fingerprint density at radius 1 is 0.864 bits per heavy atom. The van der Waals surface area contributed by atoms with Gasteiger partial charge in [0, 0.05) is 19.3 Å². The largest absolute Gasteiger partial charge is 0.469 e. The minimum absolute atomic E-state index is 0.143. The molecule has 0 bridgehead atoms. The number of benzene rings is 2. The van der Waals surface area contributed by atoms with Gasteiger partial charge in [0.15, 0.2) is 12.4 Å². The van der Waals surface area contributed by atoms with E-state index in [0.717, 1.165) is 29.7 Å². The van der Waals surface area contributed by atoms with Crippen molar-refractivity contribution < 1.29 is 48.2 Å². The van der Waals surface area contributed by atoms with Crippen molar-refractivity contribution in [3.63, 3.8) is 0 Å². The first-order chi connectivity index (χ1) is 21.4. The summed E-state index contributed by atoms with van der Waals surface area (Å²) in [7, 11) is 0. The summed E-state index contributed by atoms with van der Waals surface area (Å²) < 4.78 is 43.8. The standard InChI is InChI=1S/C34H44O10/c1-4-26-30(29(38-19-23-12-7-5-8-13-23)21(2)33(42-26)41-25-16-11-17-25)44-34-32(40-22(3)36)31(28(37)27(18-35)43-34)39-20-24-14-9-6-10-15-24/h5-10,12-16,21,26-35,37H,4,11,17-20H2,1-3H3. The Hall–Kier alpha value is -2.83. The minimum Gasteiger partial charge on any atom is -0.469 e. The van der Waals surface area contributed by atoms with E-state index in [1.54, 1.807) is 0 Å². The Morgan fingerprint density at radius 2 is 1.45 bits per heavy atom. The fourth-order valence-corrected chi connectivity index (χ4v) is 5.78. The van der Waals surface area contributed by atoms with Gasteiger partial charge in [0.25, 0.3) is 0 Å². The molecule has 10 nitrogen and oxygen atoms in total. The highest BCUT2D eigenvalue weighted by atomic mass is 16.7. The van der Waals surface area contributed by atoms with Crippen LogP contribution in [0.2, 0.25) is 0 Å². The summed E-state index contributed by atoms with van der Waals surface area (Å²) in [5, 5.41) is 21.3. The van der Waals surface area contributed by atoms with Crippen LogP contribution in [-0.2, 0) is 51.2 Å². The zero-order valence-electron chi connectivity index (χ0n) is 25.5. The number of aliphatic hydroxyl groups is 2. The maximum Gasteiger partial charge on any atom is 0.303 e. The van der Waals surface area contributed by atoms with E-state index in [1.807, 2.05) is 74.5 Å². The number of ether oxygens (including phenoxy) is 7. The van der Waals surface area contributed by atoms with E-state index in [9.17, 15) is 15.0 Å². The molecule has 5 rings (SSSR count). The number of carbonyl (C=O) groups excluding carboxylic acids is 1. The molecule has 2 saturated heterocycles. The van der Waals surface area contributed by atoms with Gasteiger partial charge in [-0.25, -0.2) is 0 Å². The summed E-state index contributed by atoms with van der Waals surface area (Å²) in [4.78, 5) is 12.3. The van der Waals surface area contributed by atoms with Crippen molar-refractivity contribution in [3.8, 4) is 0 Å². The molecule has 0 amide bonds. The van der Waals surface area contributed by atoms with E-state index in [2.05, 4.69) is 6.08 Å². The van der Waals surface area contributed by atoms with Gasteiger partial charge in [-0.15, -0.1) is 0 Å². The molecule has 2 N–H and O–H groups in total. The fourth-order valence-electron chi connectivity index (χ4n) is 5.78. The predicted octanol–water partition coefficient (Wildman–Crippen LogP) is 4.02. The molecule has 0 saturated carbocycles. The molecule has 240 valence electrons. The number of carbonyl (C=O) groups is 1. The lowest BCUT2D eigenvalue weighted by Crippen LogP contribution is -2.64. The van der Waals surface area contributed by atoms with Crippen LogP contribution in [0.5, 0.6) is 0 Å². The van der Waals surface area contributed by atoms with Gasteiger partial charge in [-0.3, -0.25) is 4.79 Å². The number of aliphatic hydroxyl groups excluding tert-OH is 2. The molecule has 10 unspecified atom stereocenters. The third-order valence-electron chi connectivity index (χ3n) is 8.34. The van der Waals surface area contributed by atoms with Crippen LogP contribution in [-0.4, -0.2) is 78.1 Å². The number of hydrogen-bond donors (Lipinski definition) is 2. The third kappa shape index (κ3) is 7.87. The first-order valence-corrected chi connectivity index (χ1v) is 15.5. The van der Waals surface area contributed by atoms with E-state index < -0.39 is 67.9 Å². The molecule has 2 aromatic carbocycles. The first-order valence-electron chi connectivity index (χ1n) is 15.5. The molecule has 10 atom stereocenters. The molecule has 2 heterocycles. The maximum absolute atomic E-state index is 12.3. The molecule has 0 spiro atoms. The Bertz CT molecular complexity index is 1210. The molecule has 3 aliphatic rings. The topological polar surface area (TPSA) is 122 Å².